The molecule has 1 fully saturated rings. The lowest BCUT2D eigenvalue weighted by Gasteiger charge is -2.56. The number of anilines is 2. The topological polar surface area (TPSA) is 62.8 Å². The van der Waals surface area contributed by atoms with Gasteiger partial charge in [-0.3, -0.25) is 9.69 Å². The first-order chi connectivity index (χ1) is 16.3. The molecule has 0 aromatic heterocycles. The molecule has 1 saturated heterocycles. The summed E-state index contributed by atoms with van der Waals surface area (Å²) in [6, 6.07) is 19.9. The molecule has 3 aromatic carbocycles. The fourth-order valence-electron chi connectivity index (χ4n) is 4.65. The third kappa shape index (κ3) is 3.89. The molecule has 3 atom stereocenters. The zero-order chi connectivity index (χ0) is 24.0. The molecule has 2 aliphatic heterocycles. The van der Waals surface area contributed by atoms with Gasteiger partial charge in [-0.2, -0.15) is 0 Å². The SMILES string of the molecule is COc1ccc2c(c1)[C@H]1NC(=S)N(c3cccc(Br)c3)[C@@](C)(O2)[C@@H]1C(=O)Nc1ccc(Cl)cc1. The number of carbonyl (C=O) groups excluding carboxylic acids is 1. The van der Waals surface area contributed by atoms with Crippen LogP contribution in [0.3, 0.4) is 0 Å². The molecule has 1 amide bonds. The fourth-order valence-corrected chi connectivity index (χ4v) is 5.57. The van der Waals surface area contributed by atoms with Crippen molar-refractivity contribution >= 4 is 62.1 Å². The molecule has 0 saturated carbocycles. The second kappa shape index (κ2) is 8.76. The molecule has 2 aliphatic rings. The summed E-state index contributed by atoms with van der Waals surface area (Å²) in [7, 11) is 1.61. The predicted molar refractivity (Wildman–Crippen MR) is 141 cm³/mol. The molecule has 34 heavy (non-hydrogen) atoms. The van der Waals surface area contributed by atoms with Gasteiger partial charge in [-0.15, -0.1) is 0 Å². The highest BCUT2D eigenvalue weighted by Crippen LogP contribution is 2.50. The van der Waals surface area contributed by atoms with Gasteiger partial charge in [-0.05, 0) is 79.8 Å². The van der Waals surface area contributed by atoms with Gasteiger partial charge >= 0.3 is 0 Å². The van der Waals surface area contributed by atoms with Crippen molar-refractivity contribution < 1.29 is 14.3 Å². The average Bonchev–Trinajstić information content (AvgIpc) is 2.80. The highest BCUT2D eigenvalue weighted by atomic mass is 79.9. The molecule has 0 aliphatic carbocycles. The number of hydrogen-bond donors (Lipinski definition) is 2. The number of benzene rings is 3. The van der Waals surface area contributed by atoms with E-state index in [0.29, 0.717) is 27.3 Å². The number of amides is 1. The molecule has 0 unspecified atom stereocenters. The van der Waals surface area contributed by atoms with Crippen LogP contribution in [0.1, 0.15) is 18.5 Å². The highest BCUT2D eigenvalue weighted by Gasteiger charge is 2.59. The maximum Gasteiger partial charge on any atom is 0.236 e. The van der Waals surface area contributed by atoms with E-state index in [4.69, 9.17) is 33.3 Å². The first-order valence-electron chi connectivity index (χ1n) is 10.6. The van der Waals surface area contributed by atoms with Gasteiger partial charge < -0.3 is 20.1 Å². The summed E-state index contributed by atoms with van der Waals surface area (Å²) >= 11 is 15.3. The summed E-state index contributed by atoms with van der Waals surface area (Å²) in [5.74, 6) is 0.468. The summed E-state index contributed by atoms with van der Waals surface area (Å²) in [6.45, 7) is 1.90. The number of ether oxygens (including phenoxy) is 2. The average molecular weight is 559 g/mol. The van der Waals surface area contributed by atoms with Crippen molar-refractivity contribution in [3.8, 4) is 11.5 Å². The summed E-state index contributed by atoms with van der Waals surface area (Å²) in [4.78, 5) is 15.7. The zero-order valence-corrected chi connectivity index (χ0v) is 21.5. The molecule has 0 spiro atoms. The number of rotatable bonds is 4. The van der Waals surface area contributed by atoms with E-state index < -0.39 is 17.7 Å². The number of halogens is 2. The van der Waals surface area contributed by atoms with Crippen molar-refractivity contribution in [3.05, 3.63) is 81.8 Å². The predicted octanol–water partition coefficient (Wildman–Crippen LogP) is 5.91. The van der Waals surface area contributed by atoms with Gasteiger partial charge in [0.05, 0.1) is 13.2 Å². The Bertz CT molecular complexity index is 1290. The number of nitrogens with one attached hydrogen (secondary N) is 2. The van der Waals surface area contributed by atoms with Crippen LogP contribution >= 0.6 is 39.7 Å². The van der Waals surface area contributed by atoms with Gasteiger partial charge in [0.1, 0.15) is 17.4 Å². The van der Waals surface area contributed by atoms with E-state index in [1.807, 2.05) is 54.3 Å². The van der Waals surface area contributed by atoms with Crippen LogP contribution in [0.2, 0.25) is 5.02 Å². The first-order valence-corrected chi connectivity index (χ1v) is 12.2. The van der Waals surface area contributed by atoms with E-state index in [9.17, 15) is 4.79 Å². The van der Waals surface area contributed by atoms with Crippen LogP contribution in [0.25, 0.3) is 0 Å². The Morgan fingerprint density at radius 2 is 1.97 bits per heavy atom. The minimum atomic E-state index is -1.11. The van der Waals surface area contributed by atoms with Crippen LogP contribution in [0.15, 0.2) is 71.2 Å². The second-order valence-corrected chi connectivity index (χ2v) is 10.0. The number of carbonyl (C=O) groups is 1. The molecule has 3 aromatic rings. The normalized spacial score (nSPS) is 22.8. The third-order valence-corrected chi connectivity index (χ3v) is 7.21. The smallest absolute Gasteiger partial charge is 0.236 e. The molecular weight excluding hydrogens is 538 g/mol. The Hall–Kier alpha value is -2.81. The van der Waals surface area contributed by atoms with Gasteiger partial charge in [0, 0.05) is 26.4 Å². The lowest BCUT2D eigenvalue weighted by molar-refractivity contribution is -0.130. The van der Waals surface area contributed by atoms with Gasteiger partial charge in [0.25, 0.3) is 0 Å². The molecule has 174 valence electrons. The Kier molecular flexibility index (Phi) is 5.91. The number of thiocarbonyl (C=S) groups is 1. The summed E-state index contributed by atoms with van der Waals surface area (Å²) < 4.78 is 12.9. The molecule has 2 heterocycles. The van der Waals surface area contributed by atoms with Crippen molar-refractivity contribution in [1.82, 2.24) is 5.32 Å². The van der Waals surface area contributed by atoms with E-state index in [-0.39, 0.29) is 5.91 Å². The van der Waals surface area contributed by atoms with E-state index in [2.05, 4.69) is 26.6 Å². The molecule has 9 heteroatoms. The van der Waals surface area contributed by atoms with Crippen molar-refractivity contribution in [1.29, 1.82) is 0 Å². The van der Waals surface area contributed by atoms with Crippen molar-refractivity contribution in [2.24, 2.45) is 5.92 Å². The number of nitrogens with zero attached hydrogens (tertiary/aromatic N) is 1. The molecule has 5 rings (SSSR count). The van der Waals surface area contributed by atoms with Crippen LogP contribution in [-0.4, -0.2) is 23.9 Å². The van der Waals surface area contributed by atoms with Crippen molar-refractivity contribution in [2.75, 3.05) is 17.3 Å². The van der Waals surface area contributed by atoms with Crippen molar-refractivity contribution in [2.45, 2.75) is 18.7 Å². The van der Waals surface area contributed by atoms with Crippen LogP contribution in [-0.2, 0) is 4.79 Å². The van der Waals surface area contributed by atoms with E-state index in [1.165, 1.54) is 0 Å². The largest absolute Gasteiger partial charge is 0.497 e. The van der Waals surface area contributed by atoms with E-state index >= 15 is 0 Å². The molecule has 0 radical (unpaired) electrons. The Morgan fingerprint density at radius 1 is 1.21 bits per heavy atom. The lowest BCUT2D eigenvalue weighted by Crippen LogP contribution is -2.72. The maximum absolute atomic E-state index is 13.8. The molecule has 2 N–H and O–H groups in total. The number of methoxy groups -OCH3 is 1. The van der Waals surface area contributed by atoms with Gasteiger partial charge in [-0.1, -0.05) is 33.6 Å². The lowest BCUT2D eigenvalue weighted by atomic mass is 9.78. The molecule has 6 nitrogen and oxygen atoms in total. The van der Waals surface area contributed by atoms with Crippen LogP contribution < -0.4 is 25.0 Å². The third-order valence-electron chi connectivity index (χ3n) is 6.17. The Morgan fingerprint density at radius 3 is 2.68 bits per heavy atom. The van der Waals surface area contributed by atoms with Crippen LogP contribution in [0.5, 0.6) is 11.5 Å². The monoisotopic (exact) mass is 557 g/mol. The summed E-state index contributed by atoms with van der Waals surface area (Å²) in [5.41, 5.74) is 1.15. The number of fused-ring (bicyclic) bond motifs is 4. The highest BCUT2D eigenvalue weighted by molar-refractivity contribution is 9.10. The van der Waals surface area contributed by atoms with E-state index in [1.54, 1.807) is 31.4 Å². The Balaban J connectivity index is 1.63. The van der Waals surface area contributed by atoms with Crippen LogP contribution in [0, 0.1) is 5.92 Å². The first kappa shape index (κ1) is 23.0. The van der Waals surface area contributed by atoms with Gasteiger partial charge in [-0.25, -0.2) is 0 Å². The Labute approximate surface area is 216 Å². The molecular formula is C25H21BrClN3O3S. The zero-order valence-electron chi connectivity index (χ0n) is 18.3. The maximum atomic E-state index is 13.8. The van der Waals surface area contributed by atoms with Gasteiger partial charge in [0.15, 0.2) is 10.8 Å². The molecule has 2 bridgehead atoms. The summed E-state index contributed by atoms with van der Waals surface area (Å²) in [6.07, 6.45) is 0. The standard InChI is InChI=1S/C25H21BrClN3O3S/c1-25-21(23(31)28-16-8-6-15(27)7-9-16)22(19-13-18(32-2)10-11-20(19)33-25)29-24(34)30(25)17-5-3-4-14(26)12-17/h3-13,21-22H,1-2H3,(H,28,31)(H,29,34)/t21-,22+,25-/m0/s1. The van der Waals surface area contributed by atoms with Crippen molar-refractivity contribution in [3.63, 3.8) is 0 Å². The number of hydrogen-bond acceptors (Lipinski definition) is 4. The quantitative estimate of drug-likeness (QED) is 0.388. The fraction of sp³-hybridized carbons (Fsp3) is 0.200. The minimum absolute atomic E-state index is 0.210. The second-order valence-electron chi connectivity index (χ2n) is 8.28. The van der Waals surface area contributed by atoms with Gasteiger partial charge in [0.2, 0.25) is 5.91 Å². The van der Waals surface area contributed by atoms with E-state index in [0.717, 1.165) is 15.7 Å². The van der Waals surface area contributed by atoms with Crippen LogP contribution in [0.4, 0.5) is 11.4 Å². The summed E-state index contributed by atoms with van der Waals surface area (Å²) in [5, 5.41) is 7.48. The minimum Gasteiger partial charge on any atom is -0.497 e.